The zero-order valence-corrected chi connectivity index (χ0v) is 16.3. The zero-order valence-electron chi connectivity index (χ0n) is 15.5. The molecule has 0 aromatic heterocycles. The molecule has 0 saturated carbocycles. The Balaban J connectivity index is 3.56. The highest BCUT2D eigenvalue weighted by atomic mass is 35.5. The van der Waals surface area contributed by atoms with Gasteiger partial charge in [0.15, 0.2) is 0 Å². The molecule has 0 saturated heterocycles. The minimum absolute atomic E-state index is 0.317. The second-order valence-corrected chi connectivity index (χ2v) is 6.95. The number of rotatable bonds is 9. The second kappa shape index (κ2) is 8.43. The van der Waals surface area contributed by atoms with Crippen molar-refractivity contribution >= 4 is 23.2 Å². The second-order valence-electron chi connectivity index (χ2n) is 6.48. The number of hydrogen-bond donors (Lipinski definition) is 1. The number of nitrogens with one attached hydrogen (secondary N) is 1. The van der Waals surface area contributed by atoms with Crippen LogP contribution in [-0.4, -0.2) is 52.7 Å². The van der Waals surface area contributed by atoms with E-state index >= 15 is 0 Å². The van der Waals surface area contributed by atoms with Crippen LogP contribution in [0.1, 0.15) is 0 Å². The Morgan fingerprint density at radius 2 is 0.886 bits per heavy atom. The standard InChI is InChI=1S/C15H5ClF17NO/c16-15(32,33)14(30,31)13(28,29)12(26,27)11(24,25)10(22,23)9(20,21)8(18,19)7(35)34-6-3-1-5(17)2-4-6/h1-4H,(H,34,35). The summed E-state index contributed by atoms with van der Waals surface area (Å²) in [5.74, 6) is -62.1. The van der Waals surface area contributed by atoms with Crippen molar-refractivity contribution in [3.05, 3.63) is 30.1 Å². The minimum Gasteiger partial charge on any atom is -0.321 e. The predicted molar refractivity (Wildman–Crippen MR) is 80.5 cm³/mol. The van der Waals surface area contributed by atoms with E-state index in [1.807, 2.05) is 0 Å². The van der Waals surface area contributed by atoms with Crippen LogP contribution in [0.4, 0.5) is 80.3 Å². The summed E-state index contributed by atoms with van der Waals surface area (Å²) < 4.78 is 226. The molecule has 0 spiro atoms. The maximum Gasteiger partial charge on any atom is 0.393 e. The summed E-state index contributed by atoms with van der Waals surface area (Å²) in [6.07, 6.45) is 0. The maximum absolute atomic E-state index is 13.7. The molecule has 1 amide bonds. The van der Waals surface area contributed by atoms with Crippen molar-refractivity contribution in [2.75, 3.05) is 5.32 Å². The first-order valence-electron chi connectivity index (χ1n) is 7.93. The van der Waals surface area contributed by atoms with Crippen LogP contribution in [0.3, 0.4) is 0 Å². The summed E-state index contributed by atoms with van der Waals surface area (Å²) in [7, 11) is 0. The third-order valence-corrected chi connectivity index (χ3v) is 4.35. The monoisotopic (exact) mass is 573 g/mol. The third kappa shape index (κ3) is 4.32. The predicted octanol–water partition coefficient (Wildman–Crippen LogP) is 7.04. The molecule has 0 aliphatic carbocycles. The van der Waals surface area contributed by atoms with Gasteiger partial charge in [-0.2, -0.15) is 70.2 Å². The Labute approximate surface area is 186 Å². The molecule has 20 heteroatoms. The first-order valence-corrected chi connectivity index (χ1v) is 8.31. The van der Waals surface area contributed by atoms with Crippen LogP contribution in [0, 0.1) is 5.82 Å². The van der Waals surface area contributed by atoms with Crippen LogP contribution in [0.2, 0.25) is 0 Å². The van der Waals surface area contributed by atoms with E-state index in [9.17, 15) is 79.4 Å². The lowest BCUT2D eigenvalue weighted by Crippen LogP contribution is -2.75. The molecule has 0 aliphatic rings. The SMILES string of the molecule is O=C(Nc1ccc(F)cc1)C(F)(F)C(F)(F)C(F)(F)C(F)(F)C(F)(F)C(F)(F)C(F)(F)C(F)(F)Cl. The highest BCUT2D eigenvalue weighted by Crippen LogP contribution is 2.64. The van der Waals surface area contributed by atoms with Crippen molar-refractivity contribution < 1.29 is 79.4 Å². The molecular weight excluding hydrogens is 569 g/mol. The van der Waals surface area contributed by atoms with E-state index in [2.05, 4.69) is 11.6 Å². The van der Waals surface area contributed by atoms with E-state index < -0.39 is 64.3 Å². The lowest BCUT2D eigenvalue weighted by molar-refractivity contribution is -0.445. The Morgan fingerprint density at radius 1 is 0.571 bits per heavy atom. The largest absolute Gasteiger partial charge is 0.393 e. The number of carbonyl (C=O) groups is 1. The number of benzene rings is 1. The van der Waals surface area contributed by atoms with Crippen LogP contribution in [0.15, 0.2) is 24.3 Å². The van der Waals surface area contributed by atoms with E-state index in [0.717, 1.165) is 0 Å². The molecule has 0 bridgehead atoms. The molecule has 0 unspecified atom stereocenters. The van der Waals surface area contributed by atoms with E-state index in [1.165, 1.54) is 0 Å². The Bertz CT molecular complexity index is 938. The number of carbonyl (C=O) groups excluding carboxylic acids is 1. The Morgan fingerprint density at radius 3 is 1.23 bits per heavy atom. The fraction of sp³-hybridized carbons (Fsp3) is 0.533. The number of hydrogen-bond acceptors (Lipinski definition) is 1. The van der Waals surface area contributed by atoms with Gasteiger partial charge in [-0.25, -0.2) is 4.39 Å². The summed E-state index contributed by atoms with van der Waals surface area (Å²) in [5, 5.41) is -6.22. The van der Waals surface area contributed by atoms with E-state index in [1.54, 1.807) is 0 Å². The van der Waals surface area contributed by atoms with Crippen molar-refractivity contribution in [1.29, 1.82) is 0 Å². The average Bonchev–Trinajstić information content (AvgIpc) is 2.67. The van der Waals surface area contributed by atoms with Crippen molar-refractivity contribution in [2.45, 2.75) is 46.8 Å². The van der Waals surface area contributed by atoms with Gasteiger partial charge in [-0.1, -0.05) is 0 Å². The van der Waals surface area contributed by atoms with Crippen LogP contribution in [0.25, 0.3) is 0 Å². The van der Waals surface area contributed by atoms with Crippen LogP contribution in [0.5, 0.6) is 0 Å². The van der Waals surface area contributed by atoms with Crippen LogP contribution >= 0.6 is 11.6 Å². The molecule has 1 aromatic rings. The maximum atomic E-state index is 13.7. The smallest absolute Gasteiger partial charge is 0.321 e. The summed E-state index contributed by atoms with van der Waals surface area (Å²) in [6, 6.07) is 1.34. The topological polar surface area (TPSA) is 29.1 Å². The molecule has 0 aliphatic heterocycles. The third-order valence-electron chi connectivity index (χ3n) is 4.11. The molecule has 1 rings (SSSR count). The summed E-state index contributed by atoms with van der Waals surface area (Å²) in [4.78, 5) is 11.3. The number of anilines is 1. The van der Waals surface area contributed by atoms with Gasteiger partial charge in [-0.3, -0.25) is 4.79 Å². The molecule has 1 aromatic carbocycles. The number of halogens is 18. The molecule has 35 heavy (non-hydrogen) atoms. The highest BCUT2D eigenvalue weighted by molar-refractivity contribution is 6.22. The summed E-state index contributed by atoms with van der Waals surface area (Å²) >= 11 is 3.40. The lowest BCUT2D eigenvalue weighted by Gasteiger charge is -2.42. The van der Waals surface area contributed by atoms with E-state index in [0.29, 0.717) is 29.6 Å². The van der Waals surface area contributed by atoms with Gasteiger partial charge in [0, 0.05) is 5.69 Å². The number of alkyl halides is 17. The van der Waals surface area contributed by atoms with E-state index in [4.69, 9.17) is 0 Å². The van der Waals surface area contributed by atoms with Gasteiger partial charge in [0.05, 0.1) is 0 Å². The van der Waals surface area contributed by atoms with Crippen molar-refractivity contribution in [3.63, 3.8) is 0 Å². The first-order chi connectivity index (χ1) is 15.1. The van der Waals surface area contributed by atoms with Crippen molar-refractivity contribution in [2.24, 2.45) is 0 Å². The van der Waals surface area contributed by atoms with Gasteiger partial charge >= 0.3 is 52.7 Å². The van der Waals surface area contributed by atoms with Gasteiger partial charge in [-0.05, 0) is 35.9 Å². The lowest BCUT2D eigenvalue weighted by atomic mass is 9.89. The molecule has 1 N–H and O–H groups in total. The van der Waals surface area contributed by atoms with Crippen molar-refractivity contribution in [3.8, 4) is 0 Å². The average molecular weight is 574 g/mol. The van der Waals surface area contributed by atoms with Gasteiger partial charge in [-0.15, -0.1) is 0 Å². The Kier molecular flexibility index (Phi) is 7.42. The fourth-order valence-electron chi connectivity index (χ4n) is 2.05. The summed E-state index contributed by atoms with van der Waals surface area (Å²) in [5.41, 5.74) is -1.09. The normalized spacial score (nSPS) is 15.3. The van der Waals surface area contributed by atoms with Gasteiger partial charge in [0.1, 0.15) is 5.82 Å². The molecular formula is C15H5ClF17NO. The van der Waals surface area contributed by atoms with Crippen LogP contribution in [-0.2, 0) is 4.79 Å². The summed E-state index contributed by atoms with van der Waals surface area (Å²) in [6.45, 7) is 0. The molecule has 0 atom stereocenters. The molecule has 0 fully saturated rings. The quantitative estimate of drug-likeness (QED) is 0.249. The van der Waals surface area contributed by atoms with Crippen molar-refractivity contribution in [1.82, 2.24) is 0 Å². The van der Waals surface area contributed by atoms with Gasteiger partial charge in [0.2, 0.25) is 0 Å². The highest BCUT2D eigenvalue weighted by Gasteiger charge is 2.95. The first kappa shape index (κ1) is 30.8. The molecule has 0 heterocycles. The fourth-order valence-corrected chi connectivity index (χ4v) is 2.17. The van der Waals surface area contributed by atoms with Gasteiger partial charge < -0.3 is 5.32 Å². The Hall–Kier alpha value is -2.21. The molecule has 0 radical (unpaired) electrons. The molecule has 2 nitrogen and oxygen atoms in total. The van der Waals surface area contributed by atoms with Crippen LogP contribution < -0.4 is 5.32 Å². The minimum atomic E-state index is -8.67. The van der Waals surface area contributed by atoms with Gasteiger partial charge in [0.25, 0.3) is 0 Å². The zero-order chi connectivity index (χ0) is 28.3. The number of amides is 1. The molecule has 202 valence electrons. The van der Waals surface area contributed by atoms with E-state index in [-0.39, 0.29) is 0 Å².